The minimum atomic E-state index is -0.355. The smallest absolute Gasteiger partial charge is 0.229 e. The molecular weight excluding hydrogens is 230 g/mol. The Hall–Kier alpha value is -1.10. The highest BCUT2D eigenvalue weighted by Crippen LogP contribution is 2.23. The molecule has 0 aromatic heterocycles. The fourth-order valence-electron chi connectivity index (χ4n) is 2.22. The van der Waals surface area contributed by atoms with E-state index >= 15 is 0 Å². The van der Waals surface area contributed by atoms with Gasteiger partial charge >= 0.3 is 0 Å². The molecule has 1 heterocycles. The van der Waals surface area contributed by atoms with E-state index in [0.717, 1.165) is 13.0 Å². The Morgan fingerprint density at radius 1 is 1.28 bits per heavy atom. The predicted molar refractivity (Wildman–Crippen MR) is 69.0 cm³/mol. The summed E-state index contributed by atoms with van der Waals surface area (Å²) in [6.07, 6.45) is 3.34. The first-order chi connectivity index (χ1) is 8.53. The molecule has 1 N–H and O–H groups in total. The van der Waals surface area contributed by atoms with Gasteiger partial charge in [0, 0.05) is 38.8 Å². The Morgan fingerprint density at radius 3 is 2.39 bits per heavy atom. The predicted octanol–water partition coefficient (Wildman–Crippen LogP) is 0.0652. The topological polar surface area (TPSA) is 52.7 Å². The molecule has 0 bridgehead atoms. The van der Waals surface area contributed by atoms with Crippen LogP contribution in [0.4, 0.5) is 0 Å². The third kappa shape index (κ3) is 3.22. The molecule has 0 unspecified atom stereocenters. The van der Waals surface area contributed by atoms with E-state index in [1.165, 1.54) is 12.8 Å². The van der Waals surface area contributed by atoms with Gasteiger partial charge in [-0.3, -0.25) is 9.59 Å². The molecule has 0 atom stereocenters. The van der Waals surface area contributed by atoms with E-state index in [9.17, 15) is 9.59 Å². The van der Waals surface area contributed by atoms with E-state index in [4.69, 9.17) is 0 Å². The SMILES string of the molecule is CC(C)(CNC1CC1)C(=O)N1CCN(C=O)CC1. The first-order valence-electron chi connectivity index (χ1n) is 6.75. The summed E-state index contributed by atoms with van der Waals surface area (Å²) >= 11 is 0. The van der Waals surface area contributed by atoms with E-state index in [1.807, 2.05) is 18.7 Å². The van der Waals surface area contributed by atoms with Gasteiger partial charge in [-0.25, -0.2) is 0 Å². The average Bonchev–Trinajstić information content (AvgIpc) is 3.20. The maximum absolute atomic E-state index is 12.4. The number of nitrogens with zero attached hydrogens (tertiary/aromatic N) is 2. The van der Waals surface area contributed by atoms with E-state index < -0.39 is 0 Å². The van der Waals surface area contributed by atoms with Crippen molar-refractivity contribution in [1.82, 2.24) is 15.1 Å². The largest absolute Gasteiger partial charge is 0.342 e. The van der Waals surface area contributed by atoms with Crippen LogP contribution < -0.4 is 5.32 Å². The van der Waals surface area contributed by atoms with Gasteiger partial charge in [0.2, 0.25) is 12.3 Å². The molecule has 18 heavy (non-hydrogen) atoms. The van der Waals surface area contributed by atoms with E-state index in [-0.39, 0.29) is 11.3 Å². The van der Waals surface area contributed by atoms with Crippen molar-refractivity contribution in [2.75, 3.05) is 32.7 Å². The number of piperazine rings is 1. The van der Waals surface area contributed by atoms with Gasteiger partial charge in [0.1, 0.15) is 0 Å². The molecule has 1 aliphatic carbocycles. The number of amides is 2. The summed E-state index contributed by atoms with van der Waals surface area (Å²) in [7, 11) is 0. The Kier molecular flexibility index (Phi) is 3.90. The summed E-state index contributed by atoms with van der Waals surface area (Å²) in [6.45, 7) is 7.36. The monoisotopic (exact) mass is 253 g/mol. The molecule has 0 radical (unpaired) electrons. The summed E-state index contributed by atoms with van der Waals surface area (Å²) < 4.78 is 0. The van der Waals surface area contributed by atoms with Crippen LogP contribution in [-0.4, -0.2) is 60.9 Å². The van der Waals surface area contributed by atoms with Crippen molar-refractivity contribution < 1.29 is 9.59 Å². The van der Waals surface area contributed by atoms with Crippen LogP contribution >= 0.6 is 0 Å². The number of hydrogen-bond acceptors (Lipinski definition) is 3. The number of carbonyl (C=O) groups is 2. The summed E-state index contributed by atoms with van der Waals surface area (Å²) in [5, 5.41) is 3.42. The molecule has 2 rings (SSSR count). The zero-order valence-electron chi connectivity index (χ0n) is 11.3. The van der Waals surface area contributed by atoms with Gasteiger partial charge in [-0.2, -0.15) is 0 Å². The molecular formula is C13H23N3O2. The van der Waals surface area contributed by atoms with Crippen LogP contribution in [0.5, 0.6) is 0 Å². The number of rotatable bonds is 5. The molecule has 1 saturated heterocycles. The van der Waals surface area contributed by atoms with Crippen LogP contribution in [0.1, 0.15) is 26.7 Å². The van der Waals surface area contributed by atoms with Gasteiger partial charge in [-0.1, -0.05) is 0 Å². The van der Waals surface area contributed by atoms with Gasteiger partial charge in [0.05, 0.1) is 5.41 Å². The zero-order chi connectivity index (χ0) is 13.2. The Morgan fingerprint density at radius 2 is 1.89 bits per heavy atom. The number of hydrogen-bond donors (Lipinski definition) is 1. The van der Waals surface area contributed by atoms with Crippen molar-refractivity contribution in [2.45, 2.75) is 32.7 Å². The van der Waals surface area contributed by atoms with Gasteiger partial charge in [0.15, 0.2) is 0 Å². The minimum absolute atomic E-state index is 0.196. The fourth-order valence-corrected chi connectivity index (χ4v) is 2.22. The number of nitrogens with one attached hydrogen (secondary N) is 1. The highest BCUT2D eigenvalue weighted by atomic mass is 16.2. The molecule has 5 nitrogen and oxygen atoms in total. The van der Waals surface area contributed by atoms with E-state index in [0.29, 0.717) is 32.2 Å². The molecule has 0 spiro atoms. The third-order valence-electron chi connectivity index (χ3n) is 3.74. The normalized spacial score (nSPS) is 21.0. The van der Waals surface area contributed by atoms with Crippen molar-refractivity contribution in [3.8, 4) is 0 Å². The summed E-state index contributed by atoms with van der Waals surface area (Å²) in [5.41, 5.74) is -0.355. The summed E-state index contributed by atoms with van der Waals surface area (Å²) in [6, 6.07) is 0.629. The lowest BCUT2D eigenvalue weighted by Crippen LogP contribution is -2.53. The molecule has 0 aromatic carbocycles. The Balaban J connectivity index is 1.83. The number of carbonyl (C=O) groups excluding carboxylic acids is 2. The second-order valence-corrected chi connectivity index (χ2v) is 5.97. The van der Waals surface area contributed by atoms with Crippen LogP contribution in [0.2, 0.25) is 0 Å². The highest BCUT2D eigenvalue weighted by Gasteiger charge is 2.34. The lowest BCUT2D eigenvalue weighted by molar-refractivity contribution is -0.143. The van der Waals surface area contributed by atoms with Gasteiger partial charge in [-0.15, -0.1) is 0 Å². The van der Waals surface area contributed by atoms with Crippen molar-refractivity contribution in [3.63, 3.8) is 0 Å². The van der Waals surface area contributed by atoms with Crippen molar-refractivity contribution in [1.29, 1.82) is 0 Å². The van der Waals surface area contributed by atoms with Crippen LogP contribution in [0, 0.1) is 5.41 Å². The maximum Gasteiger partial charge on any atom is 0.229 e. The van der Waals surface area contributed by atoms with Crippen LogP contribution in [0.15, 0.2) is 0 Å². The van der Waals surface area contributed by atoms with Crippen LogP contribution in [-0.2, 0) is 9.59 Å². The zero-order valence-corrected chi connectivity index (χ0v) is 11.3. The molecule has 1 aliphatic heterocycles. The molecule has 1 saturated carbocycles. The van der Waals surface area contributed by atoms with Gasteiger partial charge in [0.25, 0.3) is 0 Å². The van der Waals surface area contributed by atoms with Gasteiger partial charge < -0.3 is 15.1 Å². The lowest BCUT2D eigenvalue weighted by atomic mass is 9.91. The maximum atomic E-state index is 12.4. The molecule has 102 valence electrons. The minimum Gasteiger partial charge on any atom is -0.342 e. The van der Waals surface area contributed by atoms with Crippen molar-refractivity contribution >= 4 is 12.3 Å². The van der Waals surface area contributed by atoms with Crippen molar-refractivity contribution in [3.05, 3.63) is 0 Å². The van der Waals surface area contributed by atoms with Gasteiger partial charge in [-0.05, 0) is 26.7 Å². The fraction of sp³-hybridized carbons (Fsp3) is 0.846. The molecule has 2 amide bonds. The second-order valence-electron chi connectivity index (χ2n) is 5.97. The summed E-state index contributed by atoms with van der Waals surface area (Å²) in [5.74, 6) is 0.196. The Labute approximate surface area is 108 Å². The standard InChI is InChI=1S/C13H23N3O2/c1-13(2,9-14-11-3-4-11)12(18)16-7-5-15(10-17)6-8-16/h10-11,14H,3-9H2,1-2H3. The van der Waals surface area contributed by atoms with Crippen LogP contribution in [0.25, 0.3) is 0 Å². The first-order valence-corrected chi connectivity index (χ1v) is 6.75. The molecule has 5 heteroatoms. The van der Waals surface area contributed by atoms with Crippen molar-refractivity contribution in [2.24, 2.45) is 5.41 Å². The van der Waals surface area contributed by atoms with Crippen LogP contribution in [0.3, 0.4) is 0 Å². The molecule has 2 aliphatic rings. The highest BCUT2D eigenvalue weighted by molar-refractivity contribution is 5.82. The lowest BCUT2D eigenvalue weighted by Gasteiger charge is -2.37. The average molecular weight is 253 g/mol. The Bertz CT molecular complexity index is 318. The third-order valence-corrected chi connectivity index (χ3v) is 3.74. The first kappa shape index (κ1) is 13.3. The van der Waals surface area contributed by atoms with E-state index in [2.05, 4.69) is 5.32 Å². The summed E-state index contributed by atoms with van der Waals surface area (Å²) in [4.78, 5) is 26.7. The molecule has 0 aromatic rings. The molecule has 2 fully saturated rings. The second kappa shape index (κ2) is 5.26. The quantitative estimate of drug-likeness (QED) is 0.705. The van der Waals surface area contributed by atoms with E-state index in [1.54, 1.807) is 4.90 Å².